The molecule has 162 valence electrons. The number of phenolic OH excluding ortho intramolecular Hbond substituents is 1. The van der Waals surface area contributed by atoms with Gasteiger partial charge in [-0.3, -0.25) is 14.4 Å². The number of para-hydroxylation sites is 1. The molecule has 0 saturated heterocycles. The normalized spacial score (nSPS) is 12.9. The van der Waals surface area contributed by atoms with Gasteiger partial charge in [0.2, 0.25) is 0 Å². The van der Waals surface area contributed by atoms with Gasteiger partial charge in [0.05, 0.1) is 23.4 Å². The van der Waals surface area contributed by atoms with Crippen LogP contribution >= 0.6 is 0 Å². The third kappa shape index (κ3) is 4.75. The van der Waals surface area contributed by atoms with E-state index in [-0.39, 0.29) is 41.0 Å². The fraction of sp³-hybridized carbons (Fsp3) is 0.261. The van der Waals surface area contributed by atoms with Crippen molar-refractivity contribution in [3.8, 4) is 5.75 Å². The van der Waals surface area contributed by atoms with Gasteiger partial charge in [-0.2, -0.15) is 0 Å². The molecule has 0 fully saturated rings. The van der Waals surface area contributed by atoms with E-state index in [2.05, 4.69) is 16.0 Å². The summed E-state index contributed by atoms with van der Waals surface area (Å²) in [6.45, 7) is 3.52. The van der Waals surface area contributed by atoms with Crippen LogP contribution in [0.5, 0.6) is 5.75 Å². The maximum absolute atomic E-state index is 12.3. The molecule has 31 heavy (non-hydrogen) atoms. The standard InChI is InChI=1S/C23H25N3O5/c1-3-16(14-8-5-4-6-9-14)25-18-19(22(30)21(18)29)26-17-11-7-10-15(20(17)28)23(31)24-12-13(2)27/h4-11,13,16,25-28H,3,12H2,1-2H3,(H,24,31). The zero-order chi connectivity index (χ0) is 22.5. The number of nitrogens with one attached hydrogen (secondary N) is 3. The van der Waals surface area contributed by atoms with E-state index in [1.165, 1.54) is 25.1 Å². The maximum atomic E-state index is 12.3. The van der Waals surface area contributed by atoms with Gasteiger partial charge in [0.15, 0.2) is 5.75 Å². The molecule has 5 N–H and O–H groups in total. The van der Waals surface area contributed by atoms with Crippen molar-refractivity contribution in [2.45, 2.75) is 32.4 Å². The van der Waals surface area contributed by atoms with Gasteiger partial charge in [-0.05, 0) is 31.0 Å². The minimum Gasteiger partial charge on any atom is -0.505 e. The van der Waals surface area contributed by atoms with Crippen LogP contribution in [-0.4, -0.2) is 28.8 Å². The van der Waals surface area contributed by atoms with E-state index in [0.29, 0.717) is 6.42 Å². The highest BCUT2D eigenvalue weighted by atomic mass is 16.3. The topological polar surface area (TPSA) is 128 Å². The number of aromatic hydroxyl groups is 1. The monoisotopic (exact) mass is 423 g/mol. The number of anilines is 3. The van der Waals surface area contributed by atoms with Crippen LogP contribution in [0.2, 0.25) is 0 Å². The summed E-state index contributed by atoms with van der Waals surface area (Å²) in [4.78, 5) is 36.6. The molecule has 3 rings (SSSR count). The molecule has 0 aliphatic rings. The minimum atomic E-state index is -0.735. The van der Waals surface area contributed by atoms with Crippen LogP contribution in [0.3, 0.4) is 0 Å². The van der Waals surface area contributed by atoms with E-state index in [9.17, 15) is 24.6 Å². The first-order valence-corrected chi connectivity index (χ1v) is 10.0. The predicted octanol–water partition coefficient (Wildman–Crippen LogP) is 2.41. The highest BCUT2D eigenvalue weighted by molar-refractivity contribution is 5.99. The fourth-order valence-electron chi connectivity index (χ4n) is 3.23. The molecular weight excluding hydrogens is 398 g/mol. The van der Waals surface area contributed by atoms with Crippen LogP contribution in [0.15, 0.2) is 58.1 Å². The number of aliphatic hydroxyl groups excluding tert-OH is 1. The van der Waals surface area contributed by atoms with Gasteiger partial charge in [-0.1, -0.05) is 43.3 Å². The highest BCUT2D eigenvalue weighted by Crippen LogP contribution is 2.32. The van der Waals surface area contributed by atoms with E-state index in [1.54, 1.807) is 0 Å². The molecule has 3 aromatic carbocycles. The Bertz CT molecular complexity index is 1130. The smallest absolute Gasteiger partial charge is 0.255 e. The Morgan fingerprint density at radius 2 is 1.68 bits per heavy atom. The Hall–Kier alpha value is -3.65. The number of carbonyl (C=O) groups excluding carboxylic acids is 1. The Kier molecular flexibility index (Phi) is 6.71. The summed E-state index contributed by atoms with van der Waals surface area (Å²) in [6, 6.07) is 13.8. The molecular formula is C23H25N3O5. The molecule has 8 heteroatoms. The van der Waals surface area contributed by atoms with Crippen molar-refractivity contribution in [3.05, 3.63) is 80.1 Å². The first-order valence-electron chi connectivity index (χ1n) is 10.0. The van der Waals surface area contributed by atoms with Crippen LogP contribution in [0.1, 0.15) is 42.2 Å². The highest BCUT2D eigenvalue weighted by Gasteiger charge is 2.25. The quantitative estimate of drug-likeness (QED) is 0.264. The molecule has 2 unspecified atom stereocenters. The lowest BCUT2D eigenvalue weighted by Crippen LogP contribution is -2.37. The summed E-state index contributed by atoms with van der Waals surface area (Å²) in [7, 11) is 0. The molecule has 0 aliphatic heterocycles. The Morgan fingerprint density at radius 3 is 2.32 bits per heavy atom. The summed E-state index contributed by atoms with van der Waals surface area (Å²) in [5, 5.41) is 28.2. The largest absolute Gasteiger partial charge is 0.505 e. The van der Waals surface area contributed by atoms with Gasteiger partial charge in [0.1, 0.15) is 11.4 Å². The first-order chi connectivity index (χ1) is 14.8. The molecule has 0 bridgehead atoms. The Balaban J connectivity index is 1.84. The number of hydrogen-bond donors (Lipinski definition) is 5. The van der Waals surface area contributed by atoms with Crippen molar-refractivity contribution in [3.63, 3.8) is 0 Å². The zero-order valence-electron chi connectivity index (χ0n) is 17.3. The second-order valence-corrected chi connectivity index (χ2v) is 7.31. The van der Waals surface area contributed by atoms with Crippen LogP contribution in [0.4, 0.5) is 17.1 Å². The third-order valence-electron chi connectivity index (χ3n) is 4.94. The average Bonchev–Trinajstić information content (AvgIpc) is 2.78. The average molecular weight is 423 g/mol. The maximum Gasteiger partial charge on any atom is 0.255 e. The van der Waals surface area contributed by atoms with E-state index in [4.69, 9.17) is 0 Å². The Labute approximate surface area is 179 Å². The van der Waals surface area contributed by atoms with E-state index >= 15 is 0 Å². The molecule has 0 heterocycles. The van der Waals surface area contributed by atoms with Gasteiger partial charge in [-0.25, -0.2) is 0 Å². The number of phenols is 1. The van der Waals surface area contributed by atoms with Gasteiger partial charge in [-0.15, -0.1) is 0 Å². The molecule has 0 spiro atoms. The van der Waals surface area contributed by atoms with Gasteiger partial charge < -0.3 is 26.2 Å². The van der Waals surface area contributed by atoms with Gasteiger partial charge >= 0.3 is 0 Å². The summed E-state index contributed by atoms with van der Waals surface area (Å²) in [5.74, 6) is -0.930. The van der Waals surface area contributed by atoms with E-state index in [1.807, 2.05) is 37.3 Å². The number of carbonyl (C=O) groups is 1. The van der Waals surface area contributed by atoms with Crippen LogP contribution in [0.25, 0.3) is 0 Å². The number of rotatable bonds is 9. The van der Waals surface area contributed by atoms with Crippen LogP contribution in [0, 0.1) is 0 Å². The molecule has 2 atom stereocenters. The molecule has 3 aromatic rings. The van der Waals surface area contributed by atoms with Crippen molar-refractivity contribution >= 4 is 23.0 Å². The summed E-state index contributed by atoms with van der Waals surface area (Å²) >= 11 is 0. The summed E-state index contributed by atoms with van der Waals surface area (Å²) < 4.78 is 0. The summed E-state index contributed by atoms with van der Waals surface area (Å²) in [5.41, 5.74) is -0.0814. The Morgan fingerprint density at radius 1 is 1.00 bits per heavy atom. The van der Waals surface area contributed by atoms with E-state index < -0.39 is 22.9 Å². The van der Waals surface area contributed by atoms with Crippen LogP contribution < -0.4 is 26.8 Å². The predicted molar refractivity (Wildman–Crippen MR) is 120 cm³/mol. The number of benzene rings is 2. The van der Waals surface area contributed by atoms with Gasteiger partial charge in [0, 0.05) is 6.54 Å². The molecule has 1 amide bonds. The second kappa shape index (κ2) is 9.44. The van der Waals surface area contributed by atoms with Crippen molar-refractivity contribution < 1.29 is 15.0 Å². The fourth-order valence-corrected chi connectivity index (χ4v) is 3.23. The lowest BCUT2D eigenvalue weighted by atomic mass is 10.0. The molecule has 8 nitrogen and oxygen atoms in total. The zero-order valence-corrected chi connectivity index (χ0v) is 17.3. The van der Waals surface area contributed by atoms with E-state index in [0.717, 1.165) is 5.56 Å². The molecule has 0 aromatic heterocycles. The number of hydrogen-bond acceptors (Lipinski definition) is 7. The van der Waals surface area contributed by atoms with Crippen molar-refractivity contribution in [2.75, 3.05) is 17.2 Å². The lowest BCUT2D eigenvalue weighted by Gasteiger charge is -2.22. The molecule has 0 radical (unpaired) electrons. The first kappa shape index (κ1) is 22.0. The van der Waals surface area contributed by atoms with Crippen molar-refractivity contribution in [1.29, 1.82) is 0 Å². The van der Waals surface area contributed by atoms with Crippen molar-refractivity contribution in [1.82, 2.24) is 5.32 Å². The minimum absolute atomic E-state index is 0.0189. The summed E-state index contributed by atoms with van der Waals surface area (Å²) in [6.07, 6.45) is -0.0483. The number of aliphatic hydroxyl groups is 1. The van der Waals surface area contributed by atoms with Gasteiger partial charge in [0.25, 0.3) is 16.8 Å². The number of amides is 1. The molecule has 0 saturated carbocycles. The van der Waals surface area contributed by atoms with Crippen LogP contribution in [-0.2, 0) is 0 Å². The third-order valence-corrected chi connectivity index (χ3v) is 4.94. The van der Waals surface area contributed by atoms with Crippen molar-refractivity contribution in [2.24, 2.45) is 0 Å². The second-order valence-electron chi connectivity index (χ2n) is 7.31. The lowest BCUT2D eigenvalue weighted by molar-refractivity contribution is 0.0921. The molecule has 0 aliphatic carbocycles. The SMILES string of the molecule is CCC(Nc1c(Nc2cccc(C(=O)NCC(C)O)c2O)c(=O)c1=O)c1ccccc1.